The van der Waals surface area contributed by atoms with E-state index >= 15 is 0 Å². The van der Waals surface area contributed by atoms with E-state index in [0.717, 1.165) is 21.3 Å². The molecule has 0 radical (unpaired) electrons. The maximum atomic E-state index is 12.3. The molecule has 3 rings (SSSR count). The summed E-state index contributed by atoms with van der Waals surface area (Å²) in [6, 6.07) is 11.1. The number of halogens is 1. The van der Waals surface area contributed by atoms with Gasteiger partial charge in [0.2, 0.25) is 0 Å². The fourth-order valence-corrected chi connectivity index (χ4v) is 2.61. The molecule has 1 amide bonds. The number of aromatic amines is 1. The van der Waals surface area contributed by atoms with Crippen LogP contribution < -0.4 is 5.32 Å². The van der Waals surface area contributed by atoms with Gasteiger partial charge in [-0.05, 0) is 58.7 Å². The number of pyridine rings is 1. The van der Waals surface area contributed by atoms with Crippen molar-refractivity contribution in [1.82, 2.24) is 15.2 Å². The average molecular weight is 357 g/mol. The summed E-state index contributed by atoms with van der Waals surface area (Å²) in [6.07, 6.45) is 3.38. The van der Waals surface area contributed by atoms with E-state index in [9.17, 15) is 4.79 Å². The lowest BCUT2D eigenvalue weighted by Crippen LogP contribution is -2.12. The number of benzene rings is 1. The van der Waals surface area contributed by atoms with Gasteiger partial charge in [-0.15, -0.1) is 0 Å². The number of hydrogen-bond acceptors (Lipinski definition) is 3. The maximum absolute atomic E-state index is 12.3. The Kier molecular flexibility index (Phi) is 4.02. The molecule has 0 aliphatic rings. The van der Waals surface area contributed by atoms with Gasteiger partial charge in [-0.25, -0.2) is 0 Å². The lowest BCUT2D eigenvalue weighted by atomic mass is 10.2. The highest BCUT2D eigenvalue weighted by Crippen LogP contribution is 2.24. The zero-order chi connectivity index (χ0) is 15.5. The third kappa shape index (κ3) is 3.07. The second-order valence-electron chi connectivity index (χ2n) is 4.84. The van der Waals surface area contributed by atoms with Crippen LogP contribution >= 0.6 is 15.9 Å². The van der Waals surface area contributed by atoms with E-state index < -0.39 is 0 Å². The van der Waals surface area contributed by atoms with Gasteiger partial charge in [0.15, 0.2) is 0 Å². The minimum atomic E-state index is -0.239. The second-order valence-corrected chi connectivity index (χ2v) is 5.69. The summed E-state index contributed by atoms with van der Waals surface area (Å²) < 4.78 is 0.842. The van der Waals surface area contributed by atoms with E-state index in [4.69, 9.17) is 0 Å². The Morgan fingerprint density at radius 1 is 1.18 bits per heavy atom. The number of nitrogens with zero attached hydrogens (tertiary/aromatic N) is 2. The smallest absolute Gasteiger partial charge is 0.273 e. The van der Waals surface area contributed by atoms with Gasteiger partial charge in [0, 0.05) is 22.4 Å². The third-order valence-corrected chi connectivity index (χ3v) is 3.83. The quantitative estimate of drug-likeness (QED) is 0.749. The molecule has 6 heteroatoms. The number of carbonyl (C=O) groups excluding carboxylic acids is 1. The Morgan fingerprint density at radius 2 is 1.95 bits per heavy atom. The van der Waals surface area contributed by atoms with Crippen molar-refractivity contribution in [3.05, 3.63) is 64.5 Å². The molecule has 0 atom stereocenters. The lowest BCUT2D eigenvalue weighted by molar-refractivity contribution is 0.102. The summed E-state index contributed by atoms with van der Waals surface area (Å²) >= 11 is 3.44. The molecule has 0 aliphatic heterocycles. The molecule has 0 unspecified atom stereocenters. The number of aromatic nitrogens is 3. The first-order valence-electron chi connectivity index (χ1n) is 6.67. The zero-order valence-corrected chi connectivity index (χ0v) is 13.4. The van der Waals surface area contributed by atoms with E-state index in [0.29, 0.717) is 11.4 Å². The zero-order valence-electron chi connectivity index (χ0n) is 11.8. The van der Waals surface area contributed by atoms with Crippen LogP contribution in [0.1, 0.15) is 16.1 Å². The van der Waals surface area contributed by atoms with Crippen LogP contribution in [0.5, 0.6) is 0 Å². The van der Waals surface area contributed by atoms with Crippen LogP contribution in [0.2, 0.25) is 0 Å². The molecule has 2 heterocycles. The Labute approximate surface area is 135 Å². The molecular formula is C16H13BrN4O. The van der Waals surface area contributed by atoms with Crippen molar-refractivity contribution in [2.75, 3.05) is 5.32 Å². The molecule has 2 aromatic heterocycles. The Balaban J connectivity index is 1.80. The van der Waals surface area contributed by atoms with Crippen molar-refractivity contribution < 1.29 is 4.79 Å². The van der Waals surface area contributed by atoms with E-state index in [1.165, 1.54) is 0 Å². The fourth-order valence-electron chi connectivity index (χ4n) is 2.02. The minimum Gasteiger partial charge on any atom is -0.320 e. The highest BCUT2D eigenvalue weighted by Gasteiger charge is 2.12. The summed E-state index contributed by atoms with van der Waals surface area (Å²) in [5.41, 5.74) is 3.85. The molecule has 0 fully saturated rings. The minimum absolute atomic E-state index is 0.239. The topological polar surface area (TPSA) is 70.7 Å². The normalized spacial score (nSPS) is 10.5. The first-order valence-corrected chi connectivity index (χ1v) is 7.46. The van der Waals surface area contributed by atoms with Crippen molar-refractivity contribution in [3.63, 3.8) is 0 Å². The molecule has 0 aliphatic carbocycles. The van der Waals surface area contributed by atoms with E-state index in [1.807, 2.05) is 37.3 Å². The predicted octanol–water partition coefficient (Wildman–Crippen LogP) is 3.79. The van der Waals surface area contributed by atoms with Gasteiger partial charge in [0.1, 0.15) is 5.69 Å². The van der Waals surface area contributed by atoms with Crippen LogP contribution in [0.3, 0.4) is 0 Å². The molecule has 1 aromatic carbocycles. The Morgan fingerprint density at radius 3 is 2.68 bits per heavy atom. The summed E-state index contributed by atoms with van der Waals surface area (Å²) in [4.78, 5) is 16.2. The lowest BCUT2D eigenvalue weighted by Gasteiger charge is -2.06. The SMILES string of the molecule is Cc1ccc(NC(=O)c2cc(-c3ccncc3)n[nH]2)c(Br)c1. The maximum Gasteiger partial charge on any atom is 0.273 e. The van der Waals surface area contributed by atoms with Crippen LogP contribution in [0.4, 0.5) is 5.69 Å². The first-order chi connectivity index (χ1) is 10.6. The first kappa shape index (κ1) is 14.5. The van der Waals surface area contributed by atoms with Crippen LogP contribution in [0.15, 0.2) is 53.3 Å². The largest absolute Gasteiger partial charge is 0.320 e. The van der Waals surface area contributed by atoms with Gasteiger partial charge in [-0.3, -0.25) is 14.9 Å². The van der Waals surface area contributed by atoms with Crippen LogP contribution in [-0.2, 0) is 0 Å². The van der Waals surface area contributed by atoms with Crippen LogP contribution in [0.25, 0.3) is 11.3 Å². The van der Waals surface area contributed by atoms with Crippen molar-refractivity contribution in [2.45, 2.75) is 6.92 Å². The van der Waals surface area contributed by atoms with Crippen molar-refractivity contribution in [3.8, 4) is 11.3 Å². The molecule has 110 valence electrons. The van der Waals surface area contributed by atoms with Gasteiger partial charge < -0.3 is 5.32 Å². The molecule has 0 saturated heterocycles. The monoisotopic (exact) mass is 356 g/mol. The molecule has 3 aromatic rings. The van der Waals surface area contributed by atoms with Gasteiger partial charge in [0.25, 0.3) is 5.91 Å². The highest BCUT2D eigenvalue weighted by atomic mass is 79.9. The number of nitrogens with one attached hydrogen (secondary N) is 2. The highest BCUT2D eigenvalue weighted by molar-refractivity contribution is 9.10. The van der Waals surface area contributed by atoms with Crippen molar-refractivity contribution >= 4 is 27.5 Å². The molecule has 2 N–H and O–H groups in total. The average Bonchev–Trinajstić information content (AvgIpc) is 3.01. The van der Waals surface area contributed by atoms with Crippen LogP contribution in [0, 0.1) is 6.92 Å². The third-order valence-electron chi connectivity index (χ3n) is 3.17. The van der Waals surface area contributed by atoms with Gasteiger partial charge in [-0.2, -0.15) is 5.10 Å². The number of rotatable bonds is 3. The molecule has 0 spiro atoms. The van der Waals surface area contributed by atoms with Gasteiger partial charge in [0.05, 0.1) is 11.4 Å². The molecule has 0 bridgehead atoms. The van der Waals surface area contributed by atoms with E-state index in [2.05, 4.69) is 36.4 Å². The molecule has 0 saturated carbocycles. The van der Waals surface area contributed by atoms with E-state index in [1.54, 1.807) is 18.5 Å². The number of hydrogen-bond donors (Lipinski definition) is 2. The molecule has 5 nitrogen and oxygen atoms in total. The Bertz CT molecular complexity index is 814. The summed E-state index contributed by atoms with van der Waals surface area (Å²) in [5.74, 6) is -0.239. The molecule has 22 heavy (non-hydrogen) atoms. The number of carbonyl (C=O) groups is 1. The van der Waals surface area contributed by atoms with Crippen molar-refractivity contribution in [2.24, 2.45) is 0 Å². The van der Waals surface area contributed by atoms with Crippen molar-refractivity contribution in [1.29, 1.82) is 0 Å². The predicted molar refractivity (Wildman–Crippen MR) is 88.7 cm³/mol. The van der Waals surface area contributed by atoms with Gasteiger partial charge >= 0.3 is 0 Å². The molecular weight excluding hydrogens is 344 g/mol. The summed E-state index contributed by atoms with van der Waals surface area (Å²) in [5, 5.41) is 9.77. The standard InChI is InChI=1S/C16H13BrN4O/c1-10-2-3-13(12(17)8-10)19-16(22)15-9-14(20-21-15)11-4-6-18-7-5-11/h2-9H,1H3,(H,19,22)(H,20,21). The number of H-pyrrole nitrogens is 1. The van der Waals surface area contributed by atoms with Gasteiger partial charge in [-0.1, -0.05) is 6.07 Å². The Hall–Kier alpha value is -2.47. The summed E-state index contributed by atoms with van der Waals surface area (Å²) in [6.45, 7) is 1.99. The number of aryl methyl sites for hydroxylation is 1. The van der Waals surface area contributed by atoms with Crippen LogP contribution in [-0.4, -0.2) is 21.1 Å². The fraction of sp³-hybridized carbons (Fsp3) is 0.0625. The second kappa shape index (κ2) is 6.11. The number of amides is 1. The summed E-state index contributed by atoms with van der Waals surface area (Å²) in [7, 11) is 0. The number of anilines is 1. The van der Waals surface area contributed by atoms with E-state index in [-0.39, 0.29) is 5.91 Å².